The van der Waals surface area contributed by atoms with E-state index >= 15 is 0 Å². The first-order valence-corrected chi connectivity index (χ1v) is 41.4. The van der Waals surface area contributed by atoms with E-state index in [-0.39, 0.29) is 22.3 Å². The molecule has 1 aromatic heterocycles. The summed E-state index contributed by atoms with van der Waals surface area (Å²) in [5.74, 6) is 0.189. The molecule has 528 valence electrons. The van der Waals surface area contributed by atoms with E-state index in [9.17, 15) is 14.7 Å². The van der Waals surface area contributed by atoms with Crippen LogP contribution in [-0.4, -0.2) is 37.5 Å². The molecule has 9 rings (SSSR count). The van der Waals surface area contributed by atoms with E-state index in [1.165, 1.54) is 181 Å². The van der Waals surface area contributed by atoms with Gasteiger partial charge in [-0.2, -0.15) is 4.99 Å². The van der Waals surface area contributed by atoms with Gasteiger partial charge in [-0.1, -0.05) is 298 Å². The minimum absolute atomic E-state index is 0.0231. The molecule has 7 aromatic carbocycles. The van der Waals surface area contributed by atoms with Gasteiger partial charge in [0.15, 0.2) is 10.1 Å². The molecule has 0 radical (unpaired) electrons. The molecule has 1 amide bonds. The smallest absolute Gasteiger partial charge is 0.338 e. The number of rotatable bonds is 43. The minimum Gasteiger partial charge on any atom is -0.478 e. The molecule has 16 heteroatoms. The number of aromatic nitrogens is 1. The van der Waals surface area contributed by atoms with E-state index in [0.717, 1.165) is 77.4 Å². The number of amides is 1. The number of hydrazine groups is 1. The number of aliphatic imine (C=N–C) groups is 1. The van der Waals surface area contributed by atoms with Gasteiger partial charge in [0.25, 0.3) is 0 Å². The molecule has 1 aliphatic heterocycles. The zero-order chi connectivity index (χ0) is 69.7. The highest BCUT2D eigenvalue weighted by molar-refractivity contribution is 8.14. The van der Waals surface area contributed by atoms with Gasteiger partial charge in [-0.15, -0.1) is 21.9 Å². The molecule has 0 aliphatic carbocycles. The summed E-state index contributed by atoms with van der Waals surface area (Å²) in [4.78, 5) is 50.6. The number of nitrogens with zero attached hydrogens (tertiary/aromatic N) is 3. The summed E-state index contributed by atoms with van der Waals surface area (Å²) in [6, 6.07) is 54.6. The molecule has 10 nitrogen and oxygen atoms in total. The molecule has 1 aliphatic rings. The van der Waals surface area contributed by atoms with E-state index in [0.29, 0.717) is 32.3 Å². The number of anilines is 1. The molecular formula is C83H105N5O5S6. The number of thioether (sulfide) groups is 2. The fourth-order valence-electron chi connectivity index (χ4n) is 12.7. The molecule has 1 atom stereocenters. The SMILES string of the molecule is CCCCCCCCCCCCCCCc1cccc(Sc2c(Sc3cccc(C(C)(C)CC(C)(C)C)c3)cc3sc(SC4(Oc5ccccc5)N=C(Sc5ccc(NC(=O)CCCCCCCCCCCCC)cc5)N(Oc5ccccc5)N4)nc3c2Sc2ccccc2C(=O)O)c1. The Morgan fingerprint density at radius 1 is 0.556 bits per heavy atom. The van der Waals surface area contributed by atoms with Crippen molar-refractivity contribution in [1.29, 1.82) is 0 Å². The van der Waals surface area contributed by atoms with Crippen LogP contribution >= 0.6 is 70.1 Å². The Balaban J connectivity index is 1.03. The van der Waals surface area contributed by atoms with Crippen LogP contribution in [0.15, 0.2) is 207 Å². The fraction of sp³-hybridized carbons (Fsp3) is 0.446. The lowest BCUT2D eigenvalue weighted by atomic mass is 9.72. The first kappa shape index (κ1) is 77.3. The highest BCUT2D eigenvalue weighted by atomic mass is 32.2. The second-order valence-electron chi connectivity index (χ2n) is 28.0. The molecule has 8 aromatic rings. The monoisotopic (exact) mass is 1440 g/mol. The third-order valence-electron chi connectivity index (χ3n) is 17.6. The van der Waals surface area contributed by atoms with Crippen LogP contribution in [0.3, 0.4) is 0 Å². The van der Waals surface area contributed by atoms with E-state index in [2.05, 4.69) is 114 Å². The van der Waals surface area contributed by atoms with Gasteiger partial charge in [-0.25, -0.2) is 9.78 Å². The molecule has 3 N–H and O–H groups in total. The Bertz CT molecular complexity index is 3800. The topological polar surface area (TPSA) is 125 Å². The van der Waals surface area contributed by atoms with E-state index < -0.39 is 11.2 Å². The van der Waals surface area contributed by atoms with E-state index in [4.69, 9.17) is 19.6 Å². The number of carbonyl (C=O) groups is 2. The maximum atomic E-state index is 13.2. The number of ether oxygens (including phenoxy) is 1. The number of carboxylic acids is 1. The molecule has 0 spiro atoms. The summed E-state index contributed by atoms with van der Waals surface area (Å²) in [5, 5.41) is 14.4. The third kappa shape index (κ3) is 25.6. The summed E-state index contributed by atoms with van der Waals surface area (Å²) in [6.07, 6.45) is 33.3. The standard InChI is InChI=1S/C83H105N5O5S6/c1-8-10-12-14-16-18-20-21-23-24-26-28-32-42-62-43-40-49-68(58-62)95-76-73(94-69-50-41-44-63(59-69)82(6,7)61-81(3,4)5)60-72-75(77(76)97-71-52-39-38-51-70(71)78(90)91)85-80(98-72)99-83(92-65-45-33-30-34-46-65)86-79(88(87-83)93-66-47-35-31-36-48-66)96-67-56-54-64(55-57-67)84-74(89)53-37-29-27-25-22-19-17-15-13-11-9-2/h30-31,33-36,38-41,43-52,54-60,87H,8-29,32,37,42,53,61H2,1-7H3,(H,84,89)(H,90,91). The Morgan fingerprint density at radius 3 is 1.74 bits per heavy atom. The second-order valence-corrected chi connectivity index (χ2v) is 34.7. The maximum absolute atomic E-state index is 13.2. The quantitative estimate of drug-likeness (QED) is 0.0248. The number of hydrogen-bond donors (Lipinski definition) is 3. The van der Waals surface area contributed by atoms with Gasteiger partial charge < -0.3 is 20.0 Å². The van der Waals surface area contributed by atoms with Crippen LogP contribution in [0.1, 0.15) is 237 Å². The van der Waals surface area contributed by atoms with Gasteiger partial charge in [0, 0.05) is 41.5 Å². The molecule has 0 saturated carbocycles. The van der Waals surface area contributed by atoms with Crippen molar-refractivity contribution in [2.24, 2.45) is 10.4 Å². The fourth-order valence-corrected chi connectivity index (χ4v) is 19.6. The summed E-state index contributed by atoms with van der Waals surface area (Å²) < 4.78 is 8.63. The predicted molar refractivity (Wildman–Crippen MR) is 422 cm³/mol. The molecular weight excluding hydrogens is 1340 g/mol. The summed E-state index contributed by atoms with van der Waals surface area (Å²) in [5.41, 5.74) is 7.88. The zero-order valence-corrected chi connectivity index (χ0v) is 64.5. The second kappa shape index (κ2) is 40.1. The lowest BCUT2D eigenvalue weighted by molar-refractivity contribution is -0.116. The van der Waals surface area contributed by atoms with Gasteiger partial charge in [-0.3, -0.25) is 4.79 Å². The van der Waals surface area contributed by atoms with Crippen molar-refractivity contribution in [1.82, 2.24) is 15.6 Å². The van der Waals surface area contributed by atoms with Crippen LogP contribution in [0.2, 0.25) is 0 Å². The average molecular weight is 1450 g/mol. The molecule has 99 heavy (non-hydrogen) atoms. The lowest BCUT2D eigenvalue weighted by Crippen LogP contribution is -2.50. The van der Waals surface area contributed by atoms with Crippen LogP contribution in [0, 0.1) is 5.41 Å². The number of carbonyl (C=O) groups excluding carboxylic acids is 1. The van der Waals surface area contributed by atoms with Gasteiger partial charge in [0.2, 0.25) is 11.1 Å². The minimum atomic E-state index is -1.55. The number of carboxylic acid groups (broad SMARTS) is 1. The molecule has 0 bridgehead atoms. The van der Waals surface area contributed by atoms with Crippen LogP contribution in [0.5, 0.6) is 11.5 Å². The van der Waals surface area contributed by atoms with Crippen molar-refractivity contribution in [2.45, 2.75) is 271 Å². The third-order valence-corrected chi connectivity index (χ3v) is 24.2. The Hall–Kier alpha value is -5.85. The first-order chi connectivity index (χ1) is 48.0. The van der Waals surface area contributed by atoms with Gasteiger partial charge >= 0.3 is 11.2 Å². The lowest BCUT2D eigenvalue weighted by Gasteiger charge is -2.33. The highest BCUT2D eigenvalue weighted by Gasteiger charge is 2.46. The highest BCUT2D eigenvalue weighted by Crippen LogP contribution is 2.53. The number of thiazole rings is 1. The molecule has 2 heterocycles. The predicted octanol–water partition coefficient (Wildman–Crippen LogP) is 26.2. The number of hydroxylamine groups is 1. The summed E-state index contributed by atoms with van der Waals surface area (Å²) >= 11 is 9.20. The number of aromatic carboxylic acids is 1. The number of aryl methyl sites for hydroxylation is 1. The van der Waals surface area contributed by atoms with Crippen LogP contribution in [-0.2, 0) is 16.6 Å². The number of nitrogens with one attached hydrogen (secondary N) is 2. The average Bonchev–Trinajstić information content (AvgIpc) is 1.75. The van der Waals surface area contributed by atoms with Crippen LogP contribution in [0.25, 0.3) is 10.2 Å². The number of amidine groups is 1. The summed E-state index contributed by atoms with van der Waals surface area (Å²) in [6.45, 7) is 16.2. The number of fused-ring (bicyclic) bond motifs is 1. The van der Waals surface area contributed by atoms with Crippen molar-refractivity contribution >= 4 is 103 Å². The number of unbranched alkanes of at least 4 members (excludes halogenated alkanes) is 22. The number of para-hydroxylation sites is 2. The molecule has 0 saturated heterocycles. The van der Waals surface area contributed by atoms with Crippen LogP contribution in [0.4, 0.5) is 5.69 Å². The van der Waals surface area contributed by atoms with Crippen LogP contribution < -0.4 is 20.3 Å². The van der Waals surface area contributed by atoms with Crippen molar-refractivity contribution in [3.63, 3.8) is 0 Å². The van der Waals surface area contributed by atoms with E-state index in [1.54, 1.807) is 52.2 Å². The number of benzene rings is 7. The van der Waals surface area contributed by atoms with Crippen molar-refractivity contribution in [2.75, 3.05) is 5.32 Å². The summed E-state index contributed by atoms with van der Waals surface area (Å²) in [7, 11) is 0. The van der Waals surface area contributed by atoms with E-state index in [1.807, 2.05) is 97.1 Å². The largest absolute Gasteiger partial charge is 0.478 e. The van der Waals surface area contributed by atoms with Crippen molar-refractivity contribution in [3.05, 3.63) is 180 Å². The van der Waals surface area contributed by atoms with Gasteiger partial charge in [0.1, 0.15) is 5.75 Å². The zero-order valence-electron chi connectivity index (χ0n) is 59.6. The first-order valence-electron chi connectivity index (χ1n) is 36.5. The van der Waals surface area contributed by atoms with Crippen molar-refractivity contribution in [3.8, 4) is 11.5 Å². The normalized spacial score (nSPS) is 14.1. The Labute approximate surface area is 617 Å². The molecule has 0 fully saturated rings. The van der Waals surface area contributed by atoms with Gasteiger partial charge in [-0.05, 0) is 162 Å². The van der Waals surface area contributed by atoms with Gasteiger partial charge in [0.05, 0.1) is 20.7 Å². The number of hydrogen-bond acceptors (Lipinski definition) is 14. The Kier molecular flexibility index (Phi) is 31.3. The molecule has 1 unspecified atom stereocenters. The maximum Gasteiger partial charge on any atom is 0.338 e. The van der Waals surface area contributed by atoms with Crippen molar-refractivity contribution < 1.29 is 24.3 Å². The Morgan fingerprint density at radius 2 is 1.12 bits per heavy atom.